The number of anilines is 1. The Bertz CT molecular complexity index is 901. The quantitative estimate of drug-likeness (QED) is 0.844. The van der Waals surface area contributed by atoms with Gasteiger partial charge >= 0.3 is 6.03 Å². The third kappa shape index (κ3) is 3.68. The number of amides is 2. The molecule has 2 aliphatic carbocycles. The lowest BCUT2D eigenvalue weighted by molar-refractivity contribution is 0.233. The summed E-state index contributed by atoms with van der Waals surface area (Å²) >= 11 is 0. The van der Waals surface area contributed by atoms with Crippen LogP contribution >= 0.6 is 0 Å². The molecule has 1 aromatic carbocycles. The zero-order valence-electron chi connectivity index (χ0n) is 17.2. The number of piperidine rings is 1. The number of nitrogens with one attached hydrogen (secondary N) is 2. The van der Waals surface area contributed by atoms with E-state index in [1.165, 1.54) is 17.5 Å². The molecule has 2 aromatic rings. The molecule has 0 radical (unpaired) electrons. The molecule has 29 heavy (non-hydrogen) atoms. The molecule has 1 saturated heterocycles. The van der Waals surface area contributed by atoms with Crippen molar-refractivity contribution >= 4 is 11.8 Å². The van der Waals surface area contributed by atoms with Crippen molar-refractivity contribution in [3.05, 3.63) is 53.0 Å². The summed E-state index contributed by atoms with van der Waals surface area (Å²) in [4.78, 5) is 23.8. The monoisotopic (exact) mass is 391 g/mol. The van der Waals surface area contributed by atoms with E-state index in [1.807, 2.05) is 19.9 Å². The molecule has 2 heterocycles. The largest absolute Gasteiger partial charge is 0.356 e. The van der Waals surface area contributed by atoms with Gasteiger partial charge in [-0.05, 0) is 56.6 Å². The molecule has 2 fully saturated rings. The van der Waals surface area contributed by atoms with Crippen molar-refractivity contribution in [2.45, 2.75) is 57.5 Å². The Morgan fingerprint density at radius 1 is 1.07 bits per heavy atom. The fourth-order valence-corrected chi connectivity index (χ4v) is 5.25. The first-order chi connectivity index (χ1) is 14.1. The summed E-state index contributed by atoms with van der Waals surface area (Å²) in [6.07, 6.45) is 4.20. The first-order valence-electron chi connectivity index (χ1n) is 10.8. The minimum absolute atomic E-state index is 0.00550. The summed E-state index contributed by atoms with van der Waals surface area (Å²) in [5, 5.41) is 6.47. The smallest absolute Gasteiger partial charge is 0.315 e. The maximum absolute atomic E-state index is 12.6. The van der Waals surface area contributed by atoms with E-state index < -0.39 is 0 Å². The predicted octanol–water partition coefficient (Wildman–Crippen LogP) is 3.09. The highest BCUT2D eigenvalue weighted by molar-refractivity contribution is 5.75. The number of rotatable bonds is 3. The van der Waals surface area contributed by atoms with Crippen LogP contribution in [-0.4, -0.2) is 41.2 Å². The van der Waals surface area contributed by atoms with Crippen molar-refractivity contribution in [1.82, 2.24) is 20.6 Å². The van der Waals surface area contributed by atoms with E-state index in [0.29, 0.717) is 17.9 Å². The molecule has 1 aromatic heterocycles. The van der Waals surface area contributed by atoms with Crippen molar-refractivity contribution in [2.24, 2.45) is 5.92 Å². The summed E-state index contributed by atoms with van der Waals surface area (Å²) in [5.41, 5.74) is 3.90. The van der Waals surface area contributed by atoms with Crippen LogP contribution in [0.25, 0.3) is 0 Å². The lowest BCUT2D eigenvalue weighted by Gasteiger charge is -2.33. The number of fused-ring (bicyclic) bond motifs is 3. The van der Waals surface area contributed by atoms with Crippen LogP contribution in [0, 0.1) is 19.8 Å². The maximum atomic E-state index is 12.6. The van der Waals surface area contributed by atoms with E-state index in [-0.39, 0.29) is 12.1 Å². The molecule has 6 heteroatoms. The second-order valence-corrected chi connectivity index (χ2v) is 8.75. The Morgan fingerprint density at radius 2 is 1.86 bits per heavy atom. The van der Waals surface area contributed by atoms with Gasteiger partial charge < -0.3 is 15.5 Å². The lowest BCUT2D eigenvalue weighted by Crippen LogP contribution is -2.48. The first-order valence-corrected chi connectivity index (χ1v) is 10.8. The molecular formula is C23H29N5O. The fraction of sp³-hybridized carbons (Fsp3) is 0.522. The Kier molecular flexibility index (Phi) is 4.64. The second kappa shape index (κ2) is 7.32. The normalized spacial score (nSPS) is 25.7. The Balaban J connectivity index is 1.13. The third-order valence-corrected chi connectivity index (χ3v) is 6.73. The zero-order valence-corrected chi connectivity index (χ0v) is 17.2. The molecule has 2 amide bonds. The van der Waals surface area contributed by atoms with E-state index in [0.717, 1.165) is 49.7 Å². The molecule has 1 aliphatic heterocycles. The number of hydrogen-bond donors (Lipinski definition) is 2. The average Bonchev–Trinajstić information content (AvgIpc) is 3.41. The number of carbonyl (C=O) groups is 1. The molecule has 2 N–H and O–H groups in total. The maximum Gasteiger partial charge on any atom is 0.315 e. The topological polar surface area (TPSA) is 70.2 Å². The van der Waals surface area contributed by atoms with Crippen molar-refractivity contribution in [3.63, 3.8) is 0 Å². The molecule has 5 rings (SSSR count). The zero-order chi connectivity index (χ0) is 20.0. The summed E-state index contributed by atoms with van der Waals surface area (Å²) in [5.74, 6) is 2.93. The van der Waals surface area contributed by atoms with Gasteiger partial charge in [-0.25, -0.2) is 14.8 Å². The van der Waals surface area contributed by atoms with Crippen LogP contribution in [0.4, 0.5) is 10.6 Å². The lowest BCUT2D eigenvalue weighted by atomic mass is 9.92. The minimum Gasteiger partial charge on any atom is -0.356 e. The van der Waals surface area contributed by atoms with Crippen LogP contribution in [0.3, 0.4) is 0 Å². The van der Waals surface area contributed by atoms with Gasteiger partial charge in [-0.1, -0.05) is 24.3 Å². The second-order valence-electron chi connectivity index (χ2n) is 8.75. The molecule has 1 saturated carbocycles. The molecule has 3 aliphatic rings. The van der Waals surface area contributed by atoms with Gasteiger partial charge in [-0.3, -0.25) is 0 Å². The van der Waals surface area contributed by atoms with Crippen LogP contribution in [-0.2, 0) is 6.42 Å². The Hall–Kier alpha value is -2.63. The number of urea groups is 1. The summed E-state index contributed by atoms with van der Waals surface area (Å²) in [7, 11) is 0. The Morgan fingerprint density at radius 3 is 2.66 bits per heavy atom. The number of aryl methyl sites for hydroxylation is 3. The van der Waals surface area contributed by atoms with Gasteiger partial charge in [0.25, 0.3) is 0 Å². The number of carbonyl (C=O) groups excluding carboxylic acids is 1. The molecule has 0 spiro atoms. The van der Waals surface area contributed by atoms with E-state index in [4.69, 9.17) is 0 Å². The van der Waals surface area contributed by atoms with Gasteiger partial charge in [-0.2, -0.15) is 0 Å². The fourth-order valence-electron chi connectivity index (χ4n) is 5.25. The van der Waals surface area contributed by atoms with Gasteiger partial charge in [0, 0.05) is 42.9 Å². The van der Waals surface area contributed by atoms with Gasteiger partial charge in [0.15, 0.2) is 0 Å². The van der Waals surface area contributed by atoms with Gasteiger partial charge in [0.05, 0.1) is 0 Å². The molecule has 6 nitrogen and oxygen atoms in total. The van der Waals surface area contributed by atoms with Gasteiger partial charge in [-0.15, -0.1) is 0 Å². The van der Waals surface area contributed by atoms with Crippen LogP contribution in [0.2, 0.25) is 0 Å². The minimum atomic E-state index is -0.00550. The van der Waals surface area contributed by atoms with Crippen LogP contribution in [0.15, 0.2) is 30.3 Å². The summed E-state index contributed by atoms with van der Waals surface area (Å²) in [6, 6.07) is 11.3. The molecular weight excluding hydrogens is 362 g/mol. The highest BCUT2D eigenvalue weighted by Crippen LogP contribution is 2.54. The molecule has 152 valence electrons. The Labute approximate surface area is 172 Å². The van der Waals surface area contributed by atoms with Gasteiger partial charge in [0.2, 0.25) is 0 Å². The van der Waals surface area contributed by atoms with Crippen LogP contribution in [0.1, 0.15) is 47.8 Å². The average molecular weight is 392 g/mol. The molecule has 3 atom stereocenters. The first kappa shape index (κ1) is 18.4. The standard InChI is InChI=1S/C23H29N5O/c1-14-13-20(25-15(2)24-14)28-11-9-17(10-12-28)26-23(29)27-22-19-8-7-16-5-3-4-6-18(16)21(19)22/h3-6,13,17,19,21-22H,7-12H2,1-2H3,(H2,26,27,29). The third-order valence-electron chi connectivity index (χ3n) is 6.73. The van der Waals surface area contributed by atoms with Crippen molar-refractivity contribution < 1.29 is 4.79 Å². The van der Waals surface area contributed by atoms with E-state index in [2.05, 4.69) is 49.8 Å². The van der Waals surface area contributed by atoms with E-state index in [1.54, 1.807) is 0 Å². The molecule has 3 unspecified atom stereocenters. The highest BCUT2D eigenvalue weighted by atomic mass is 16.2. The summed E-state index contributed by atoms with van der Waals surface area (Å²) in [6.45, 7) is 5.75. The van der Waals surface area contributed by atoms with Crippen LogP contribution < -0.4 is 15.5 Å². The number of benzene rings is 1. The summed E-state index contributed by atoms with van der Waals surface area (Å²) < 4.78 is 0. The van der Waals surface area contributed by atoms with Gasteiger partial charge in [0.1, 0.15) is 11.6 Å². The van der Waals surface area contributed by atoms with E-state index >= 15 is 0 Å². The van der Waals surface area contributed by atoms with E-state index in [9.17, 15) is 4.79 Å². The van der Waals surface area contributed by atoms with Crippen molar-refractivity contribution in [2.75, 3.05) is 18.0 Å². The SMILES string of the molecule is Cc1cc(N2CCC(NC(=O)NC3C4CCc5ccccc5C43)CC2)nc(C)n1. The predicted molar refractivity (Wildman–Crippen MR) is 113 cm³/mol. The number of hydrogen-bond acceptors (Lipinski definition) is 4. The van der Waals surface area contributed by atoms with Crippen molar-refractivity contribution in [3.8, 4) is 0 Å². The van der Waals surface area contributed by atoms with Crippen LogP contribution in [0.5, 0.6) is 0 Å². The number of aromatic nitrogens is 2. The van der Waals surface area contributed by atoms with Crippen molar-refractivity contribution in [1.29, 1.82) is 0 Å². The molecule has 0 bridgehead atoms. The number of nitrogens with zero attached hydrogens (tertiary/aromatic N) is 3. The highest BCUT2D eigenvalue weighted by Gasteiger charge is 2.53.